The number of aromatic nitrogens is 1. The minimum Gasteiger partial charge on any atom is -0.372 e. The number of aromatic amines is 1. The molecule has 2 heterocycles. The smallest absolute Gasteiger partial charge is 0.223 e. The van der Waals surface area contributed by atoms with Gasteiger partial charge in [0.15, 0.2) is 0 Å². The molecule has 3 atom stereocenters. The number of fused-ring (bicyclic) bond motifs is 1. The van der Waals surface area contributed by atoms with Gasteiger partial charge in [-0.25, -0.2) is 4.39 Å². The molecule has 3 unspecified atom stereocenters. The summed E-state index contributed by atoms with van der Waals surface area (Å²) in [6.45, 7) is 7.34. The molecular weight excluding hydrogens is 379 g/mol. The van der Waals surface area contributed by atoms with Crippen molar-refractivity contribution in [3.8, 4) is 0 Å². The zero-order chi connectivity index (χ0) is 21.3. The molecule has 4 nitrogen and oxygen atoms in total. The van der Waals surface area contributed by atoms with E-state index in [0.29, 0.717) is 19.5 Å². The molecule has 1 fully saturated rings. The minimum atomic E-state index is -0.271. The number of nitrogens with zero attached hydrogens (tertiary/aromatic N) is 1. The first-order valence-electron chi connectivity index (χ1n) is 10.7. The van der Waals surface area contributed by atoms with Gasteiger partial charge in [0.2, 0.25) is 5.91 Å². The average molecular weight is 409 g/mol. The van der Waals surface area contributed by atoms with Crippen LogP contribution in [0.4, 0.5) is 4.39 Å². The summed E-state index contributed by atoms with van der Waals surface area (Å²) >= 11 is 0. The maximum atomic E-state index is 13.6. The number of rotatable bonds is 5. The Kier molecular flexibility index (Phi) is 5.91. The van der Waals surface area contributed by atoms with Crippen LogP contribution in [0.5, 0.6) is 0 Å². The fourth-order valence-electron chi connectivity index (χ4n) is 4.61. The second-order valence-electron chi connectivity index (χ2n) is 8.30. The second-order valence-corrected chi connectivity index (χ2v) is 8.30. The van der Waals surface area contributed by atoms with Crippen molar-refractivity contribution in [3.63, 3.8) is 0 Å². The zero-order valence-corrected chi connectivity index (χ0v) is 17.8. The van der Waals surface area contributed by atoms with Crippen LogP contribution in [0.3, 0.4) is 0 Å². The van der Waals surface area contributed by atoms with Crippen molar-refractivity contribution < 1.29 is 13.9 Å². The van der Waals surface area contributed by atoms with Crippen LogP contribution in [0.2, 0.25) is 0 Å². The number of carbonyl (C=O) groups excluding carboxylic acids is 1. The number of hydrogen-bond acceptors (Lipinski definition) is 2. The first-order valence-corrected chi connectivity index (χ1v) is 10.7. The fourth-order valence-corrected chi connectivity index (χ4v) is 4.61. The summed E-state index contributed by atoms with van der Waals surface area (Å²) in [6, 6.07) is 12.8. The molecule has 1 aliphatic heterocycles. The number of morpholine rings is 1. The Morgan fingerprint density at radius 1 is 1.17 bits per heavy atom. The van der Waals surface area contributed by atoms with E-state index in [0.717, 1.165) is 28.5 Å². The lowest BCUT2D eigenvalue weighted by Crippen LogP contribution is -2.48. The zero-order valence-electron chi connectivity index (χ0n) is 17.8. The van der Waals surface area contributed by atoms with Gasteiger partial charge in [0.05, 0.1) is 12.2 Å². The van der Waals surface area contributed by atoms with E-state index in [1.807, 2.05) is 24.9 Å². The van der Waals surface area contributed by atoms with Crippen molar-refractivity contribution in [2.75, 3.05) is 13.1 Å². The van der Waals surface area contributed by atoms with Crippen LogP contribution < -0.4 is 0 Å². The molecule has 158 valence electrons. The molecule has 2 aromatic carbocycles. The molecule has 1 aromatic heterocycles. The van der Waals surface area contributed by atoms with E-state index in [-0.39, 0.29) is 29.9 Å². The number of H-pyrrole nitrogens is 1. The quantitative estimate of drug-likeness (QED) is 0.644. The molecule has 0 spiro atoms. The van der Waals surface area contributed by atoms with Gasteiger partial charge in [-0.3, -0.25) is 4.79 Å². The van der Waals surface area contributed by atoms with Gasteiger partial charge in [-0.2, -0.15) is 0 Å². The van der Waals surface area contributed by atoms with Crippen molar-refractivity contribution >= 4 is 16.8 Å². The van der Waals surface area contributed by atoms with Gasteiger partial charge in [-0.1, -0.05) is 37.3 Å². The topological polar surface area (TPSA) is 45.3 Å². The fraction of sp³-hybridized carbons (Fsp3) is 0.400. The number of benzene rings is 2. The third-order valence-corrected chi connectivity index (χ3v) is 6.01. The SMILES string of the molecule is CCc1cccc2c(C(CC(=O)N3CC(C)OC(C)C3)c3ccc(F)cc3)c[nH]c12. The molecular formula is C25H29FN2O2. The Labute approximate surface area is 177 Å². The normalized spacial score (nSPS) is 20.5. The summed E-state index contributed by atoms with van der Waals surface area (Å²) in [5, 5.41) is 1.13. The maximum Gasteiger partial charge on any atom is 0.223 e. The van der Waals surface area contributed by atoms with Crippen LogP contribution in [0, 0.1) is 5.82 Å². The molecule has 1 N–H and O–H groups in total. The van der Waals surface area contributed by atoms with E-state index in [4.69, 9.17) is 4.74 Å². The van der Waals surface area contributed by atoms with E-state index >= 15 is 0 Å². The van der Waals surface area contributed by atoms with Crippen LogP contribution in [0.1, 0.15) is 49.8 Å². The molecule has 0 saturated carbocycles. The lowest BCUT2D eigenvalue weighted by molar-refractivity contribution is -0.143. The Bertz CT molecular complexity index is 1020. The predicted molar refractivity (Wildman–Crippen MR) is 117 cm³/mol. The molecule has 0 radical (unpaired) electrons. The van der Waals surface area contributed by atoms with Crippen LogP contribution >= 0.6 is 0 Å². The monoisotopic (exact) mass is 408 g/mol. The molecule has 3 aromatic rings. The highest BCUT2D eigenvalue weighted by molar-refractivity contribution is 5.88. The second kappa shape index (κ2) is 8.60. The molecule has 1 saturated heterocycles. The molecule has 1 amide bonds. The van der Waals surface area contributed by atoms with E-state index in [2.05, 4.69) is 30.1 Å². The standard InChI is InChI=1S/C25H29FN2O2/c1-4-18-6-5-7-21-23(13-27-25(18)21)22(19-8-10-20(26)11-9-19)12-24(29)28-14-16(2)30-17(3)15-28/h5-11,13,16-17,22,27H,4,12,14-15H2,1-3H3. The third kappa shape index (κ3) is 4.12. The van der Waals surface area contributed by atoms with Gasteiger partial charge in [-0.05, 0) is 49.1 Å². The van der Waals surface area contributed by atoms with Crippen molar-refractivity contribution in [3.05, 3.63) is 71.2 Å². The maximum absolute atomic E-state index is 13.6. The summed E-state index contributed by atoms with van der Waals surface area (Å²) in [7, 11) is 0. The van der Waals surface area contributed by atoms with Crippen LogP contribution in [-0.2, 0) is 16.0 Å². The molecule has 1 aliphatic rings. The lowest BCUT2D eigenvalue weighted by atomic mass is 9.87. The number of halogens is 1. The van der Waals surface area contributed by atoms with Gasteiger partial charge in [-0.15, -0.1) is 0 Å². The Morgan fingerprint density at radius 2 is 1.87 bits per heavy atom. The Morgan fingerprint density at radius 3 is 2.53 bits per heavy atom. The highest BCUT2D eigenvalue weighted by atomic mass is 19.1. The van der Waals surface area contributed by atoms with Gasteiger partial charge in [0.25, 0.3) is 0 Å². The van der Waals surface area contributed by atoms with Crippen molar-refractivity contribution in [2.24, 2.45) is 0 Å². The van der Waals surface area contributed by atoms with Crippen molar-refractivity contribution in [2.45, 2.75) is 51.7 Å². The number of nitrogens with one attached hydrogen (secondary N) is 1. The Hall–Kier alpha value is -2.66. The summed E-state index contributed by atoms with van der Waals surface area (Å²) in [5.74, 6) is -0.313. The molecule has 4 rings (SSSR count). The number of hydrogen-bond donors (Lipinski definition) is 1. The summed E-state index contributed by atoms with van der Waals surface area (Å²) in [5.41, 5.74) is 4.39. The first-order chi connectivity index (χ1) is 14.5. The largest absolute Gasteiger partial charge is 0.372 e. The third-order valence-electron chi connectivity index (χ3n) is 6.01. The van der Waals surface area contributed by atoms with Crippen molar-refractivity contribution in [1.82, 2.24) is 9.88 Å². The molecule has 5 heteroatoms. The number of amides is 1. The number of aryl methyl sites for hydroxylation is 1. The minimum absolute atomic E-state index is 0.0298. The summed E-state index contributed by atoms with van der Waals surface area (Å²) in [6.07, 6.45) is 3.34. The van der Waals surface area contributed by atoms with Crippen LogP contribution in [0.15, 0.2) is 48.7 Å². The highest BCUT2D eigenvalue weighted by Gasteiger charge is 2.29. The lowest BCUT2D eigenvalue weighted by Gasteiger charge is -2.36. The van der Waals surface area contributed by atoms with E-state index in [9.17, 15) is 9.18 Å². The van der Waals surface area contributed by atoms with E-state index in [1.165, 1.54) is 17.7 Å². The van der Waals surface area contributed by atoms with Gasteiger partial charge >= 0.3 is 0 Å². The number of ether oxygens (including phenoxy) is 1. The van der Waals surface area contributed by atoms with E-state index in [1.54, 1.807) is 12.1 Å². The molecule has 0 aliphatic carbocycles. The van der Waals surface area contributed by atoms with Gasteiger partial charge < -0.3 is 14.6 Å². The number of para-hydroxylation sites is 1. The molecule has 0 bridgehead atoms. The Balaban J connectivity index is 1.71. The summed E-state index contributed by atoms with van der Waals surface area (Å²) in [4.78, 5) is 18.6. The first kappa shape index (κ1) is 20.6. The van der Waals surface area contributed by atoms with Crippen molar-refractivity contribution in [1.29, 1.82) is 0 Å². The number of carbonyl (C=O) groups is 1. The summed E-state index contributed by atoms with van der Waals surface area (Å²) < 4.78 is 19.4. The van der Waals surface area contributed by atoms with E-state index < -0.39 is 0 Å². The molecule has 30 heavy (non-hydrogen) atoms. The highest BCUT2D eigenvalue weighted by Crippen LogP contribution is 2.35. The van der Waals surface area contributed by atoms with Crippen LogP contribution in [0.25, 0.3) is 10.9 Å². The van der Waals surface area contributed by atoms with Crippen LogP contribution in [-0.4, -0.2) is 41.1 Å². The average Bonchev–Trinajstić information content (AvgIpc) is 3.16. The predicted octanol–water partition coefficient (Wildman–Crippen LogP) is 5.03. The van der Waals surface area contributed by atoms with Gasteiger partial charge in [0.1, 0.15) is 5.82 Å². The van der Waals surface area contributed by atoms with Gasteiger partial charge in [0, 0.05) is 42.5 Å².